The quantitative estimate of drug-likeness (QED) is 0.909. The van der Waals surface area contributed by atoms with E-state index in [1.165, 1.54) is 36.8 Å². The molecule has 1 aromatic rings. The third-order valence-corrected chi connectivity index (χ3v) is 5.67. The van der Waals surface area contributed by atoms with Gasteiger partial charge in [-0.05, 0) is 36.8 Å². The van der Waals surface area contributed by atoms with E-state index in [2.05, 4.69) is 42.3 Å². The molecule has 0 spiro atoms. The molecule has 2 aliphatic rings. The molecule has 1 saturated carbocycles. The van der Waals surface area contributed by atoms with Gasteiger partial charge in [0.15, 0.2) is 0 Å². The van der Waals surface area contributed by atoms with Crippen molar-refractivity contribution >= 4 is 11.7 Å². The van der Waals surface area contributed by atoms with Gasteiger partial charge in [-0.1, -0.05) is 44.9 Å². The van der Waals surface area contributed by atoms with Gasteiger partial charge in [-0.2, -0.15) is 0 Å². The summed E-state index contributed by atoms with van der Waals surface area (Å²) in [7, 11) is 0. The Morgan fingerprint density at radius 1 is 1.04 bits per heavy atom. The summed E-state index contributed by atoms with van der Waals surface area (Å²) >= 11 is 0. The molecule has 1 aromatic carbocycles. The fourth-order valence-corrected chi connectivity index (χ4v) is 4.15. The molecule has 1 N–H and O–H groups in total. The molecular formula is C20H31N3O. The van der Waals surface area contributed by atoms with Crippen LogP contribution < -0.4 is 5.32 Å². The average Bonchev–Trinajstić information content (AvgIpc) is 3.16. The molecule has 0 radical (unpaired) electrons. The zero-order chi connectivity index (χ0) is 16.9. The summed E-state index contributed by atoms with van der Waals surface area (Å²) in [5.74, 6) is 0. The number of aryl methyl sites for hydroxylation is 2. The minimum absolute atomic E-state index is 0.0664. The van der Waals surface area contributed by atoms with Gasteiger partial charge in [-0.15, -0.1) is 0 Å². The molecule has 3 rings (SSSR count). The first kappa shape index (κ1) is 17.3. The number of benzene rings is 1. The number of nitrogens with zero attached hydrogens (tertiary/aromatic N) is 2. The van der Waals surface area contributed by atoms with Gasteiger partial charge in [0.05, 0.1) is 0 Å². The highest BCUT2D eigenvalue weighted by Crippen LogP contribution is 2.25. The number of carbonyl (C=O) groups is 1. The van der Waals surface area contributed by atoms with Crippen LogP contribution in [-0.4, -0.2) is 48.1 Å². The number of piperazine rings is 1. The Hall–Kier alpha value is -1.55. The number of hydrogen-bond acceptors (Lipinski definition) is 2. The summed E-state index contributed by atoms with van der Waals surface area (Å²) in [6.45, 7) is 8.02. The second-order valence-corrected chi connectivity index (χ2v) is 7.05. The summed E-state index contributed by atoms with van der Waals surface area (Å²) in [5, 5.41) is 3.20. The minimum atomic E-state index is 0.0664. The van der Waals surface area contributed by atoms with Gasteiger partial charge in [0.2, 0.25) is 0 Å². The number of nitrogens with one attached hydrogen (secondary N) is 1. The van der Waals surface area contributed by atoms with E-state index in [0.29, 0.717) is 0 Å². The van der Waals surface area contributed by atoms with Crippen LogP contribution in [0.25, 0.3) is 0 Å². The van der Waals surface area contributed by atoms with Crippen molar-refractivity contribution < 1.29 is 4.79 Å². The molecule has 0 bridgehead atoms. The summed E-state index contributed by atoms with van der Waals surface area (Å²) in [5.41, 5.74) is 3.49. The van der Waals surface area contributed by atoms with E-state index in [-0.39, 0.29) is 6.03 Å². The highest BCUT2D eigenvalue weighted by molar-refractivity contribution is 5.91. The topological polar surface area (TPSA) is 35.6 Å². The Morgan fingerprint density at radius 2 is 1.62 bits per heavy atom. The van der Waals surface area contributed by atoms with Crippen LogP contribution in [0.5, 0.6) is 0 Å². The maximum absolute atomic E-state index is 12.7. The molecule has 0 atom stereocenters. The van der Waals surface area contributed by atoms with Crippen LogP contribution in [0.2, 0.25) is 0 Å². The van der Waals surface area contributed by atoms with E-state index >= 15 is 0 Å². The molecule has 1 saturated heterocycles. The Kier molecular flexibility index (Phi) is 5.77. The highest BCUT2D eigenvalue weighted by Gasteiger charge is 2.28. The summed E-state index contributed by atoms with van der Waals surface area (Å²) in [4.78, 5) is 17.3. The fourth-order valence-electron chi connectivity index (χ4n) is 4.15. The number of rotatable bonds is 4. The predicted molar refractivity (Wildman–Crippen MR) is 99.6 cm³/mol. The molecule has 2 fully saturated rings. The second kappa shape index (κ2) is 8.02. The van der Waals surface area contributed by atoms with Gasteiger partial charge in [0.1, 0.15) is 0 Å². The number of hydrogen-bond donors (Lipinski definition) is 1. The maximum atomic E-state index is 12.7. The van der Waals surface area contributed by atoms with E-state index in [0.717, 1.165) is 50.7 Å². The Balaban J connectivity index is 1.60. The molecule has 1 heterocycles. The van der Waals surface area contributed by atoms with E-state index in [9.17, 15) is 4.79 Å². The lowest BCUT2D eigenvalue weighted by Crippen LogP contribution is -2.52. The van der Waals surface area contributed by atoms with Gasteiger partial charge >= 0.3 is 6.03 Å². The number of anilines is 1. The smallest absolute Gasteiger partial charge is 0.321 e. The lowest BCUT2D eigenvalue weighted by atomic mass is 10.0. The van der Waals surface area contributed by atoms with Crippen molar-refractivity contribution in [2.45, 2.75) is 58.4 Å². The molecule has 2 amide bonds. The van der Waals surface area contributed by atoms with Gasteiger partial charge < -0.3 is 10.2 Å². The predicted octanol–water partition coefficient (Wildman–Crippen LogP) is 3.90. The van der Waals surface area contributed by atoms with E-state index < -0.39 is 0 Å². The SMILES string of the molecule is CCc1cccc(CC)c1NC(=O)N1CCN(C2CCCC2)CC1. The molecular weight excluding hydrogens is 298 g/mol. The van der Waals surface area contributed by atoms with Gasteiger partial charge in [0.25, 0.3) is 0 Å². The van der Waals surface area contributed by atoms with Crippen molar-refractivity contribution in [1.82, 2.24) is 9.80 Å². The molecule has 0 aromatic heterocycles. The molecule has 0 unspecified atom stereocenters. The molecule has 4 heteroatoms. The number of carbonyl (C=O) groups excluding carboxylic acids is 1. The third-order valence-electron chi connectivity index (χ3n) is 5.67. The monoisotopic (exact) mass is 329 g/mol. The first-order valence-electron chi connectivity index (χ1n) is 9.63. The van der Waals surface area contributed by atoms with Crippen molar-refractivity contribution in [2.24, 2.45) is 0 Å². The molecule has 1 aliphatic carbocycles. The van der Waals surface area contributed by atoms with Crippen molar-refractivity contribution in [3.8, 4) is 0 Å². The first-order chi connectivity index (χ1) is 11.7. The van der Waals surface area contributed by atoms with Gasteiger partial charge in [0, 0.05) is 37.9 Å². The van der Waals surface area contributed by atoms with Crippen LogP contribution in [0.3, 0.4) is 0 Å². The standard InChI is InChI=1S/C20H31N3O/c1-3-16-8-7-9-17(4-2)19(16)21-20(24)23-14-12-22(13-15-23)18-10-5-6-11-18/h7-9,18H,3-6,10-15H2,1-2H3,(H,21,24). The van der Waals surface area contributed by atoms with Crippen molar-refractivity contribution in [1.29, 1.82) is 0 Å². The van der Waals surface area contributed by atoms with Gasteiger partial charge in [-0.25, -0.2) is 4.79 Å². The van der Waals surface area contributed by atoms with Crippen LogP contribution in [0, 0.1) is 0 Å². The minimum Gasteiger partial charge on any atom is -0.322 e. The Morgan fingerprint density at radius 3 is 2.17 bits per heavy atom. The normalized spacial score (nSPS) is 19.7. The fraction of sp³-hybridized carbons (Fsp3) is 0.650. The maximum Gasteiger partial charge on any atom is 0.321 e. The highest BCUT2D eigenvalue weighted by atomic mass is 16.2. The van der Waals surface area contributed by atoms with Crippen LogP contribution in [-0.2, 0) is 12.8 Å². The first-order valence-corrected chi connectivity index (χ1v) is 9.63. The number of urea groups is 1. The van der Waals surface area contributed by atoms with Crippen LogP contribution in [0.1, 0.15) is 50.7 Å². The number of amides is 2. The molecule has 1 aliphatic heterocycles. The van der Waals surface area contributed by atoms with E-state index in [1.807, 2.05) is 4.90 Å². The zero-order valence-electron chi connectivity index (χ0n) is 15.2. The third kappa shape index (κ3) is 3.75. The summed E-state index contributed by atoms with van der Waals surface area (Å²) in [6.07, 6.45) is 7.32. The largest absolute Gasteiger partial charge is 0.322 e. The van der Waals surface area contributed by atoms with Crippen LogP contribution in [0.4, 0.5) is 10.5 Å². The summed E-state index contributed by atoms with van der Waals surface area (Å²) < 4.78 is 0. The van der Waals surface area contributed by atoms with Crippen molar-refractivity contribution in [3.63, 3.8) is 0 Å². The Bertz CT molecular complexity index is 536. The molecule has 4 nitrogen and oxygen atoms in total. The van der Waals surface area contributed by atoms with Crippen LogP contribution in [0.15, 0.2) is 18.2 Å². The lowest BCUT2D eigenvalue weighted by molar-refractivity contribution is 0.115. The van der Waals surface area contributed by atoms with E-state index in [1.54, 1.807) is 0 Å². The van der Waals surface area contributed by atoms with Crippen molar-refractivity contribution in [3.05, 3.63) is 29.3 Å². The van der Waals surface area contributed by atoms with E-state index in [4.69, 9.17) is 0 Å². The van der Waals surface area contributed by atoms with Gasteiger partial charge in [-0.3, -0.25) is 4.90 Å². The number of para-hydroxylation sites is 1. The second-order valence-electron chi connectivity index (χ2n) is 7.05. The van der Waals surface area contributed by atoms with Crippen molar-refractivity contribution in [2.75, 3.05) is 31.5 Å². The summed E-state index contributed by atoms with van der Waals surface area (Å²) in [6, 6.07) is 7.16. The molecule has 24 heavy (non-hydrogen) atoms. The van der Waals surface area contributed by atoms with Crippen LogP contribution >= 0.6 is 0 Å². The lowest BCUT2D eigenvalue weighted by Gasteiger charge is -2.38. The molecule has 132 valence electrons. The zero-order valence-corrected chi connectivity index (χ0v) is 15.2. The average molecular weight is 329 g/mol. The Labute approximate surface area is 146 Å².